The first-order chi connectivity index (χ1) is 10.3. The third-order valence-corrected chi connectivity index (χ3v) is 3.40. The first kappa shape index (κ1) is 21.0. The molecule has 0 aliphatic heterocycles. The van der Waals surface area contributed by atoms with Crippen LogP contribution in [0.15, 0.2) is 12.2 Å². The molecule has 0 spiro atoms. The summed E-state index contributed by atoms with van der Waals surface area (Å²) < 4.78 is 22.1. The second-order valence-corrected chi connectivity index (χ2v) is 6.76. The molecule has 0 aromatic carbocycles. The van der Waals surface area contributed by atoms with Crippen molar-refractivity contribution in [3.8, 4) is 0 Å². The molecule has 0 heterocycles. The number of hydrogen-bond donors (Lipinski definition) is 0. The minimum absolute atomic E-state index is 0.107. The van der Waals surface area contributed by atoms with Gasteiger partial charge in [0, 0.05) is 5.57 Å². The summed E-state index contributed by atoms with van der Waals surface area (Å²) >= 11 is 0. The molecule has 0 N–H and O–H groups in total. The van der Waals surface area contributed by atoms with E-state index in [9.17, 15) is 4.79 Å². The Kier molecular flexibility index (Phi) is 11.0. The lowest BCUT2D eigenvalue weighted by molar-refractivity contribution is -0.870. The van der Waals surface area contributed by atoms with Gasteiger partial charge in [-0.25, -0.2) is 11.4 Å². The minimum atomic E-state index is -1.54. The maximum absolute atomic E-state index is 11.2. The number of ether oxygens (including phenoxy) is 1. The van der Waals surface area contributed by atoms with E-state index in [0.717, 1.165) is 11.0 Å². The Balaban J connectivity index is 4.04. The van der Waals surface area contributed by atoms with Crippen LogP contribution < -0.4 is 0 Å². The van der Waals surface area contributed by atoms with Gasteiger partial charge in [-0.1, -0.05) is 6.58 Å². The molecule has 126 valence electrons. The zero-order valence-electron chi connectivity index (χ0n) is 13.8. The maximum Gasteiger partial charge on any atom is 0.333 e. The zero-order chi connectivity index (χ0) is 17.0. The highest BCUT2D eigenvalue weighted by molar-refractivity contribution is 7.41. The van der Waals surface area contributed by atoms with Crippen molar-refractivity contribution >= 4 is 14.6 Å². The molecule has 0 aliphatic carbocycles. The second kappa shape index (κ2) is 11.5. The van der Waals surface area contributed by atoms with Crippen LogP contribution in [0, 0.1) is 6.57 Å². The van der Waals surface area contributed by atoms with E-state index in [0.29, 0.717) is 12.2 Å². The fourth-order valence-electron chi connectivity index (χ4n) is 1.03. The summed E-state index contributed by atoms with van der Waals surface area (Å²) in [7, 11) is 4.64. The number of carbonyl (C=O) groups excluding carboxylic acids is 1. The van der Waals surface area contributed by atoms with Crippen LogP contribution in [0.5, 0.6) is 0 Å². The van der Waals surface area contributed by atoms with Crippen molar-refractivity contribution in [1.82, 2.24) is 0 Å². The second-order valence-electron chi connectivity index (χ2n) is 5.54. The van der Waals surface area contributed by atoms with Gasteiger partial charge in [0.15, 0.2) is 0 Å². The van der Waals surface area contributed by atoms with Crippen LogP contribution in [-0.2, 0) is 23.1 Å². The first-order valence-corrected chi connectivity index (χ1v) is 8.01. The third kappa shape index (κ3) is 12.7. The molecule has 0 radical (unpaired) electrons. The molecule has 0 aromatic rings. The van der Waals surface area contributed by atoms with Crippen LogP contribution in [0.1, 0.15) is 6.92 Å². The Morgan fingerprint density at radius 1 is 1.14 bits per heavy atom. The Morgan fingerprint density at radius 3 is 2.27 bits per heavy atom. The molecule has 0 aliphatic rings. The lowest BCUT2D eigenvalue weighted by Gasteiger charge is -2.24. The van der Waals surface area contributed by atoms with Gasteiger partial charge in [0.25, 0.3) is 0 Å². The van der Waals surface area contributed by atoms with E-state index in [2.05, 4.69) is 32.6 Å². The van der Waals surface area contributed by atoms with Gasteiger partial charge in [0.1, 0.15) is 26.4 Å². The maximum atomic E-state index is 11.2. The van der Waals surface area contributed by atoms with Crippen molar-refractivity contribution in [3.05, 3.63) is 23.6 Å². The highest BCUT2D eigenvalue weighted by Crippen LogP contribution is 2.39. The standard InChI is InChI=1S/C14H26N2O5P/c1-13(2)14(17)18-11-12-21-22(19-9-7-15-3)20-10-8-16(4,5)6/h1,7-12H2,2,4-6H3/q+1/i4+1,5+1. The molecule has 1 unspecified atom stereocenters. The summed E-state index contributed by atoms with van der Waals surface area (Å²) in [6.45, 7) is 13.9. The van der Waals surface area contributed by atoms with Gasteiger partial charge in [-0.2, -0.15) is 0 Å². The van der Waals surface area contributed by atoms with Crippen LogP contribution in [0.3, 0.4) is 0 Å². The molecule has 0 fully saturated rings. The predicted molar refractivity (Wildman–Crippen MR) is 84.9 cm³/mol. The van der Waals surface area contributed by atoms with Gasteiger partial charge in [0.2, 0.25) is 6.54 Å². The number of nitrogens with zero attached hydrogens (tertiary/aromatic N) is 2. The van der Waals surface area contributed by atoms with Crippen molar-refractivity contribution < 1.29 is 27.6 Å². The highest BCUT2D eigenvalue weighted by Gasteiger charge is 2.16. The third-order valence-electron chi connectivity index (χ3n) is 2.22. The molecule has 0 saturated heterocycles. The van der Waals surface area contributed by atoms with Crippen LogP contribution in [-0.4, -0.2) is 71.1 Å². The number of quaternary nitrogens is 1. The van der Waals surface area contributed by atoms with Crippen LogP contribution in [0.4, 0.5) is 0 Å². The summed E-state index contributed by atoms with van der Waals surface area (Å²) in [6.07, 6.45) is 0. The Labute approximate surface area is 134 Å². The van der Waals surface area contributed by atoms with Crippen LogP contribution >= 0.6 is 8.60 Å². The van der Waals surface area contributed by atoms with Gasteiger partial charge in [-0.15, -0.1) is 0 Å². The lowest BCUT2D eigenvalue weighted by Crippen LogP contribution is -2.37. The van der Waals surface area contributed by atoms with Crippen molar-refractivity contribution in [2.75, 3.05) is 60.7 Å². The van der Waals surface area contributed by atoms with E-state index in [1.54, 1.807) is 6.92 Å². The zero-order valence-corrected chi connectivity index (χ0v) is 14.7. The van der Waals surface area contributed by atoms with E-state index in [4.69, 9.17) is 24.9 Å². The lowest BCUT2D eigenvalue weighted by atomic mass is 10.4. The summed E-state index contributed by atoms with van der Waals surface area (Å²) in [5, 5.41) is 0. The molecule has 7 nitrogen and oxygen atoms in total. The van der Waals surface area contributed by atoms with Crippen molar-refractivity contribution in [2.45, 2.75) is 6.92 Å². The smallest absolute Gasteiger partial charge is 0.333 e. The van der Waals surface area contributed by atoms with E-state index < -0.39 is 14.6 Å². The molecule has 0 rings (SSSR count). The first-order valence-electron chi connectivity index (χ1n) is 6.91. The molecule has 0 saturated carbocycles. The van der Waals surface area contributed by atoms with Crippen molar-refractivity contribution in [3.63, 3.8) is 0 Å². The summed E-state index contributed by atoms with van der Waals surface area (Å²) in [5.74, 6) is -0.451. The van der Waals surface area contributed by atoms with Gasteiger partial charge in [-0.3, -0.25) is 0 Å². The Morgan fingerprint density at radius 2 is 1.73 bits per heavy atom. The topological polar surface area (TPSA) is 58.3 Å². The molecule has 1 atom stereocenters. The average molecular weight is 335 g/mol. The van der Waals surface area contributed by atoms with Gasteiger partial charge in [0.05, 0.1) is 27.7 Å². The average Bonchev–Trinajstić information content (AvgIpc) is 2.41. The van der Waals surface area contributed by atoms with E-state index >= 15 is 0 Å². The molecule has 8 heteroatoms. The molecular formula is C14H26N2O5P+. The normalized spacial score (nSPS) is 12.5. The van der Waals surface area contributed by atoms with Crippen LogP contribution in [0.25, 0.3) is 4.85 Å². The highest BCUT2D eigenvalue weighted by atomic mass is 31.2. The summed E-state index contributed by atoms with van der Waals surface area (Å²) in [6, 6.07) is 0. The Bertz CT molecular complexity index is 390. The SMILES string of the molecule is [C-]#[N+]CCOP(OCCOC(=O)C(=C)C)OCC[N+](C)([13CH3])[13CH3]. The number of hydrogen-bond acceptors (Lipinski definition) is 5. The van der Waals surface area contributed by atoms with E-state index in [1.807, 2.05) is 0 Å². The fourth-order valence-corrected chi connectivity index (χ4v) is 1.94. The van der Waals surface area contributed by atoms with E-state index in [-0.39, 0.29) is 26.4 Å². The predicted octanol–water partition coefficient (Wildman–Crippen LogP) is 2.01. The largest absolute Gasteiger partial charge is 0.460 e. The van der Waals surface area contributed by atoms with Gasteiger partial charge < -0.3 is 27.6 Å². The number of likely N-dealkylation sites (N-methyl/N-ethyl adjacent to an activating group) is 1. The van der Waals surface area contributed by atoms with Crippen molar-refractivity contribution in [1.29, 1.82) is 0 Å². The Hall–Kier alpha value is -1.03. The summed E-state index contributed by atoms with van der Waals surface area (Å²) in [4.78, 5) is 14.4. The number of carbonyl (C=O) groups is 1. The fraction of sp³-hybridized carbons (Fsp3) is 0.714. The minimum Gasteiger partial charge on any atom is -0.460 e. The quantitative estimate of drug-likeness (QED) is 0.104. The summed E-state index contributed by atoms with van der Waals surface area (Å²) in [5.41, 5.74) is 0.342. The molecule has 0 amide bonds. The molecular weight excluding hydrogens is 309 g/mol. The van der Waals surface area contributed by atoms with E-state index in [1.165, 1.54) is 0 Å². The van der Waals surface area contributed by atoms with Crippen LogP contribution in [0.2, 0.25) is 0 Å². The van der Waals surface area contributed by atoms with Gasteiger partial charge in [-0.05, 0) is 6.92 Å². The molecule has 22 heavy (non-hydrogen) atoms. The van der Waals surface area contributed by atoms with Gasteiger partial charge >= 0.3 is 14.6 Å². The molecule has 0 bridgehead atoms. The number of rotatable bonds is 12. The van der Waals surface area contributed by atoms with Crippen molar-refractivity contribution in [2.24, 2.45) is 0 Å². The number of esters is 1. The molecule has 0 aromatic heterocycles. The monoisotopic (exact) mass is 335 g/mol.